The van der Waals surface area contributed by atoms with Crippen LogP contribution in [0.3, 0.4) is 0 Å². The second-order valence-electron chi connectivity index (χ2n) is 15.5. The molecule has 0 aromatic heterocycles. The van der Waals surface area contributed by atoms with Gasteiger partial charge >= 0.3 is 5.97 Å². The highest BCUT2D eigenvalue weighted by Gasteiger charge is 2.69. The van der Waals surface area contributed by atoms with E-state index in [9.17, 15) is 9.90 Å². The van der Waals surface area contributed by atoms with E-state index >= 15 is 0 Å². The number of hydrogen-bond acceptors (Lipinski definition) is 3. The molecular formula is C32H52O3. The van der Waals surface area contributed by atoms with Gasteiger partial charge in [-0.3, -0.25) is 4.79 Å². The van der Waals surface area contributed by atoms with Crippen LogP contribution in [-0.4, -0.2) is 23.8 Å². The lowest BCUT2D eigenvalue weighted by atomic mass is 9.33. The van der Waals surface area contributed by atoms with Gasteiger partial charge in [-0.15, -0.1) is 0 Å². The van der Waals surface area contributed by atoms with Gasteiger partial charge in [-0.25, -0.2) is 0 Å². The highest BCUT2D eigenvalue weighted by Crippen LogP contribution is 2.75. The highest BCUT2D eigenvalue weighted by molar-refractivity contribution is 5.78. The second-order valence-corrected chi connectivity index (χ2v) is 15.5. The molecule has 8 atom stereocenters. The first-order valence-corrected chi connectivity index (χ1v) is 14.7. The van der Waals surface area contributed by atoms with Crippen molar-refractivity contribution >= 4 is 5.97 Å². The van der Waals surface area contributed by atoms with Crippen molar-refractivity contribution in [3.05, 3.63) is 11.6 Å². The van der Waals surface area contributed by atoms with E-state index in [0.29, 0.717) is 24.4 Å². The summed E-state index contributed by atoms with van der Waals surface area (Å²) in [6, 6.07) is 0. The molecule has 0 saturated heterocycles. The zero-order chi connectivity index (χ0) is 25.7. The van der Waals surface area contributed by atoms with E-state index in [1.807, 2.05) is 6.92 Å². The number of rotatable bonds is 2. The summed E-state index contributed by atoms with van der Waals surface area (Å²) in [7, 11) is 0. The summed E-state index contributed by atoms with van der Waals surface area (Å²) in [5, 5.41) is 10.9. The Labute approximate surface area is 214 Å². The van der Waals surface area contributed by atoms with Gasteiger partial charge in [-0.1, -0.05) is 60.1 Å². The van der Waals surface area contributed by atoms with Gasteiger partial charge in [0, 0.05) is 0 Å². The molecule has 3 nitrogen and oxygen atoms in total. The third-order valence-electron chi connectivity index (χ3n) is 13.3. The fraction of sp³-hybridized carbons (Fsp3) is 0.906. The number of allylic oxidation sites excluding steroid dienone is 2. The molecule has 0 amide bonds. The van der Waals surface area contributed by atoms with Gasteiger partial charge in [0.1, 0.15) is 0 Å². The van der Waals surface area contributed by atoms with Crippen molar-refractivity contribution in [1.82, 2.24) is 0 Å². The Morgan fingerprint density at radius 3 is 2.31 bits per heavy atom. The summed E-state index contributed by atoms with van der Waals surface area (Å²) in [6.07, 6.45) is 13.4. The molecule has 0 spiro atoms. The molecule has 0 aliphatic heterocycles. The summed E-state index contributed by atoms with van der Waals surface area (Å²) < 4.78 is 5.78. The molecule has 5 rings (SSSR count). The molecule has 5 aliphatic carbocycles. The molecule has 35 heavy (non-hydrogen) atoms. The van der Waals surface area contributed by atoms with Gasteiger partial charge in [0.2, 0.25) is 0 Å². The van der Waals surface area contributed by atoms with Crippen LogP contribution in [0.2, 0.25) is 0 Å². The van der Waals surface area contributed by atoms with E-state index < -0.39 is 0 Å². The third kappa shape index (κ3) is 3.28. The summed E-state index contributed by atoms with van der Waals surface area (Å²) in [6.45, 7) is 19.7. The van der Waals surface area contributed by atoms with Crippen molar-refractivity contribution in [3.8, 4) is 0 Å². The largest absolute Gasteiger partial charge is 0.466 e. The van der Waals surface area contributed by atoms with Crippen LogP contribution in [0, 0.1) is 50.2 Å². The van der Waals surface area contributed by atoms with Crippen molar-refractivity contribution in [1.29, 1.82) is 0 Å². The Hall–Kier alpha value is -0.830. The van der Waals surface area contributed by atoms with E-state index in [2.05, 4.69) is 54.5 Å². The van der Waals surface area contributed by atoms with Gasteiger partial charge in [0.25, 0.3) is 0 Å². The minimum Gasteiger partial charge on any atom is -0.466 e. The van der Waals surface area contributed by atoms with Crippen molar-refractivity contribution in [3.63, 3.8) is 0 Å². The van der Waals surface area contributed by atoms with Crippen molar-refractivity contribution in [2.45, 2.75) is 126 Å². The van der Waals surface area contributed by atoms with Crippen LogP contribution in [-0.2, 0) is 9.53 Å². The van der Waals surface area contributed by atoms with Crippen molar-refractivity contribution in [2.75, 3.05) is 6.61 Å². The van der Waals surface area contributed by atoms with Gasteiger partial charge in [-0.2, -0.15) is 0 Å². The maximum Gasteiger partial charge on any atom is 0.312 e. The minimum atomic E-state index is -0.321. The molecule has 1 N–H and O–H groups in total. The molecule has 4 fully saturated rings. The summed E-state index contributed by atoms with van der Waals surface area (Å²) in [5.41, 5.74) is 2.19. The normalized spacial score (nSPS) is 50.0. The average Bonchev–Trinajstić information content (AvgIpc) is 2.77. The van der Waals surface area contributed by atoms with Crippen LogP contribution in [0.25, 0.3) is 0 Å². The fourth-order valence-electron chi connectivity index (χ4n) is 10.9. The first-order chi connectivity index (χ1) is 16.2. The number of ether oxygens (including phenoxy) is 1. The molecule has 0 unspecified atom stereocenters. The molecule has 4 saturated carbocycles. The van der Waals surface area contributed by atoms with Crippen molar-refractivity contribution in [2.24, 2.45) is 50.2 Å². The smallest absolute Gasteiger partial charge is 0.312 e. The summed E-state index contributed by atoms with van der Waals surface area (Å²) in [5.74, 6) is 1.61. The lowest BCUT2D eigenvalue weighted by Crippen LogP contribution is -2.65. The monoisotopic (exact) mass is 484 g/mol. The molecule has 0 aromatic carbocycles. The van der Waals surface area contributed by atoms with E-state index in [4.69, 9.17) is 4.74 Å². The Bertz CT molecular complexity index is 916. The maximum absolute atomic E-state index is 13.6. The lowest BCUT2D eigenvalue weighted by Gasteiger charge is -2.71. The first-order valence-electron chi connectivity index (χ1n) is 14.7. The standard InChI is InChI=1S/C32H52O3/c1-9-35-26(34)32-18-16-27(2,3)20-22(32)21-10-11-24-29(6)14-13-25(33)28(4,5)23(29)12-15-31(24,8)30(21,7)17-19-32/h10,22-25,33H,9,11-20H2,1-8H3/t22-,23+,24-,25-,29-,30+,31+,32-/m0/s1. The Morgan fingerprint density at radius 2 is 1.63 bits per heavy atom. The minimum absolute atomic E-state index is 0.0156. The predicted octanol–water partition coefficient (Wildman–Crippen LogP) is 7.71. The van der Waals surface area contributed by atoms with Gasteiger partial charge in [-0.05, 0) is 116 Å². The number of carbonyl (C=O) groups excluding carboxylic acids is 1. The van der Waals surface area contributed by atoms with E-state index in [1.54, 1.807) is 5.57 Å². The van der Waals surface area contributed by atoms with Crippen LogP contribution in [0.15, 0.2) is 11.6 Å². The number of aliphatic hydroxyl groups is 1. The highest BCUT2D eigenvalue weighted by atomic mass is 16.5. The predicted molar refractivity (Wildman–Crippen MR) is 142 cm³/mol. The number of carbonyl (C=O) groups is 1. The molecule has 0 heterocycles. The Kier molecular flexibility index (Phi) is 5.78. The summed E-state index contributed by atoms with van der Waals surface area (Å²) >= 11 is 0. The van der Waals surface area contributed by atoms with Crippen LogP contribution in [0.5, 0.6) is 0 Å². The molecular weight excluding hydrogens is 432 g/mol. The molecule has 198 valence electrons. The van der Waals surface area contributed by atoms with Crippen molar-refractivity contribution < 1.29 is 14.6 Å². The summed E-state index contributed by atoms with van der Waals surface area (Å²) in [4.78, 5) is 13.6. The van der Waals surface area contributed by atoms with E-state index in [-0.39, 0.29) is 44.6 Å². The van der Waals surface area contributed by atoms with Gasteiger partial charge < -0.3 is 9.84 Å². The van der Waals surface area contributed by atoms with E-state index in [1.165, 1.54) is 12.8 Å². The second kappa shape index (κ2) is 7.84. The zero-order valence-electron chi connectivity index (χ0n) is 23.9. The maximum atomic E-state index is 13.6. The Morgan fingerprint density at radius 1 is 0.943 bits per heavy atom. The van der Waals surface area contributed by atoms with Crippen LogP contribution in [0.1, 0.15) is 120 Å². The molecule has 0 aromatic rings. The zero-order valence-corrected chi connectivity index (χ0v) is 23.9. The number of aliphatic hydroxyl groups excluding tert-OH is 1. The topological polar surface area (TPSA) is 46.5 Å². The van der Waals surface area contributed by atoms with E-state index in [0.717, 1.165) is 51.4 Å². The molecule has 5 aliphatic rings. The van der Waals surface area contributed by atoms with Crippen LogP contribution < -0.4 is 0 Å². The molecule has 3 heteroatoms. The lowest BCUT2D eigenvalue weighted by molar-refractivity contribution is -0.206. The molecule has 0 radical (unpaired) electrons. The number of fused-ring (bicyclic) bond motifs is 7. The van der Waals surface area contributed by atoms with Gasteiger partial charge in [0.05, 0.1) is 18.1 Å². The van der Waals surface area contributed by atoms with Gasteiger partial charge in [0.15, 0.2) is 0 Å². The molecule has 0 bridgehead atoms. The Balaban J connectivity index is 1.59. The average molecular weight is 485 g/mol. The first kappa shape index (κ1) is 25.8. The van der Waals surface area contributed by atoms with Crippen LogP contribution >= 0.6 is 0 Å². The fourth-order valence-corrected chi connectivity index (χ4v) is 10.9. The quantitative estimate of drug-likeness (QED) is 0.322. The number of hydrogen-bond donors (Lipinski definition) is 1. The SMILES string of the molecule is CCOC(=O)[C@]12CCC(C)(C)C[C@H]1C1=CC[C@H]3[C@@]4(C)CC[C@H](O)C(C)(C)[C@H]4CC[C@@]3(C)[C@]1(C)CC2. The third-order valence-corrected chi connectivity index (χ3v) is 13.3. The number of esters is 1. The van der Waals surface area contributed by atoms with Crippen LogP contribution in [0.4, 0.5) is 0 Å².